The van der Waals surface area contributed by atoms with Crippen molar-refractivity contribution in [1.29, 1.82) is 0 Å². The van der Waals surface area contributed by atoms with Crippen molar-refractivity contribution < 1.29 is 9.53 Å². The van der Waals surface area contributed by atoms with Crippen LogP contribution in [0.5, 0.6) is 0 Å². The lowest BCUT2D eigenvalue weighted by Crippen LogP contribution is -2.43. The molecule has 0 bridgehead atoms. The quantitative estimate of drug-likeness (QED) is 0.618. The molecule has 1 unspecified atom stereocenters. The number of rotatable bonds is 6. The van der Waals surface area contributed by atoms with E-state index in [1.54, 1.807) is 12.0 Å². The number of aromatic nitrogens is 2. The first kappa shape index (κ1) is 15.5. The Morgan fingerprint density at radius 1 is 1.43 bits per heavy atom. The van der Waals surface area contributed by atoms with Crippen molar-refractivity contribution in [2.75, 3.05) is 33.4 Å². The number of nitrogens with zero attached hydrogens (tertiary/aromatic N) is 1. The molecule has 1 aromatic rings. The molecule has 21 heavy (non-hydrogen) atoms. The van der Waals surface area contributed by atoms with Crippen LogP contribution in [0.3, 0.4) is 0 Å². The lowest BCUT2D eigenvalue weighted by molar-refractivity contribution is 0.0673. The fourth-order valence-corrected chi connectivity index (χ4v) is 2.41. The minimum atomic E-state index is -0.684. The molecule has 0 saturated carbocycles. The van der Waals surface area contributed by atoms with E-state index in [0.29, 0.717) is 19.7 Å². The van der Waals surface area contributed by atoms with Gasteiger partial charge in [-0.25, -0.2) is 4.79 Å². The molecular formula is C13H20N4O4. The molecule has 3 N–H and O–H groups in total. The molecule has 2 heterocycles. The van der Waals surface area contributed by atoms with Crippen LogP contribution in [0.4, 0.5) is 0 Å². The Morgan fingerprint density at radius 2 is 2.24 bits per heavy atom. The highest BCUT2D eigenvalue weighted by Gasteiger charge is 2.23. The molecule has 1 fully saturated rings. The maximum absolute atomic E-state index is 12.5. The van der Waals surface area contributed by atoms with Crippen LogP contribution in [0.15, 0.2) is 15.7 Å². The van der Waals surface area contributed by atoms with Gasteiger partial charge in [0.15, 0.2) is 0 Å². The summed E-state index contributed by atoms with van der Waals surface area (Å²) in [6, 6.07) is 1.34. The van der Waals surface area contributed by atoms with Crippen LogP contribution < -0.4 is 16.6 Å². The molecule has 116 valence electrons. The van der Waals surface area contributed by atoms with Gasteiger partial charge >= 0.3 is 5.69 Å². The van der Waals surface area contributed by atoms with E-state index in [2.05, 4.69) is 10.3 Å². The molecule has 2 rings (SSSR count). The Morgan fingerprint density at radius 3 is 2.86 bits per heavy atom. The van der Waals surface area contributed by atoms with Gasteiger partial charge in [-0.3, -0.25) is 14.6 Å². The van der Waals surface area contributed by atoms with Crippen molar-refractivity contribution in [2.45, 2.75) is 18.9 Å². The maximum atomic E-state index is 12.5. The average Bonchev–Trinajstić information content (AvgIpc) is 2.94. The first-order chi connectivity index (χ1) is 10.1. The predicted molar refractivity (Wildman–Crippen MR) is 76.5 cm³/mol. The molecule has 0 spiro atoms. The van der Waals surface area contributed by atoms with Crippen molar-refractivity contribution in [3.63, 3.8) is 0 Å². The van der Waals surface area contributed by atoms with Crippen LogP contribution in [0.25, 0.3) is 0 Å². The van der Waals surface area contributed by atoms with E-state index in [1.807, 2.05) is 4.98 Å². The summed E-state index contributed by atoms with van der Waals surface area (Å²) in [5.74, 6) is -0.371. The van der Waals surface area contributed by atoms with Gasteiger partial charge in [0.2, 0.25) is 0 Å². The number of amides is 1. The number of aromatic amines is 2. The van der Waals surface area contributed by atoms with Crippen LogP contribution in [-0.2, 0) is 4.74 Å². The lowest BCUT2D eigenvalue weighted by atomic mass is 10.2. The summed E-state index contributed by atoms with van der Waals surface area (Å²) in [7, 11) is 1.56. The zero-order chi connectivity index (χ0) is 15.2. The highest BCUT2D eigenvalue weighted by molar-refractivity contribution is 5.92. The number of carbonyl (C=O) groups excluding carboxylic acids is 1. The van der Waals surface area contributed by atoms with Crippen LogP contribution in [0, 0.1) is 0 Å². The molecule has 0 aliphatic carbocycles. The highest BCUT2D eigenvalue weighted by Crippen LogP contribution is 2.08. The molecule has 1 aliphatic rings. The van der Waals surface area contributed by atoms with Crippen LogP contribution in [-0.4, -0.2) is 60.2 Å². The summed E-state index contributed by atoms with van der Waals surface area (Å²) >= 11 is 0. The fraction of sp³-hybridized carbons (Fsp3) is 0.615. The van der Waals surface area contributed by atoms with E-state index in [1.165, 1.54) is 0 Å². The van der Waals surface area contributed by atoms with Crippen LogP contribution in [0.1, 0.15) is 23.3 Å². The first-order valence-electron chi connectivity index (χ1n) is 6.95. The van der Waals surface area contributed by atoms with E-state index in [-0.39, 0.29) is 17.6 Å². The van der Waals surface area contributed by atoms with Gasteiger partial charge in [-0.2, -0.15) is 0 Å². The summed E-state index contributed by atoms with van der Waals surface area (Å²) < 4.78 is 5.02. The maximum Gasteiger partial charge on any atom is 0.326 e. The van der Waals surface area contributed by atoms with Crippen LogP contribution in [0.2, 0.25) is 0 Å². The predicted octanol–water partition coefficient (Wildman–Crippen LogP) is -1.10. The van der Waals surface area contributed by atoms with Crippen molar-refractivity contribution in [3.05, 3.63) is 32.6 Å². The minimum Gasteiger partial charge on any atom is -0.383 e. The fourth-order valence-electron chi connectivity index (χ4n) is 2.41. The molecule has 0 radical (unpaired) electrons. The summed E-state index contributed by atoms with van der Waals surface area (Å²) in [5.41, 5.74) is -1.28. The van der Waals surface area contributed by atoms with E-state index in [0.717, 1.165) is 25.5 Å². The zero-order valence-electron chi connectivity index (χ0n) is 12.0. The number of hydrogen-bond acceptors (Lipinski definition) is 5. The number of carbonyl (C=O) groups is 1. The zero-order valence-corrected chi connectivity index (χ0v) is 12.0. The van der Waals surface area contributed by atoms with E-state index >= 15 is 0 Å². The lowest BCUT2D eigenvalue weighted by Gasteiger charge is -2.25. The Bertz CT molecular complexity index is 560. The Kier molecular flexibility index (Phi) is 5.29. The van der Waals surface area contributed by atoms with Crippen molar-refractivity contribution >= 4 is 5.91 Å². The second-order valence-corrected chi connectivity index (χ2v) is 5.04. The van der Waals surface area contributed by atoms with Gasteiger partial charge in [-0.05, 0) is 19.4 Å². The molecule has 8 heteroatoms. The second-order valence-electron chi connectivity index (χ2n) is 5.04. The molecule has 0 aromatic carbocycles. The molecule has 1 atom stereocenters. The molecule has 1 aliphatic heterocycles. The van der Waals surface area contributed by atoms with E-state index in [9.17, 15) is 14.4 Å². The number of nitrogens with one attached hydrogen (secondary N) is 3. The second kappa shape index (κ2) is 7.19. The largest absolute Gasteiger partial charge is 0.383 e. The van der Waals surface area contributed by atoms with Crippen molar-refractivity contribution in [3.8, 4) is 0 Å². The van der Waals surface area contributed by atoms with Gasteiger partial charge in [0.05, 0.1) is 6.61 Å². The standard InChI is InChI=1S/C13H20N4O4/c1-21-6-5-17(8-9-3-2-4-14-9)12(19)10-7-11(18)16-13(20)15-10/h7,9,14H,2-6,8H2,1H3,(H2,15,16,18,20). The van der Waals surface area contributed by atoms with Crippen LogP contribution >= 0.6 is 0 Å². The minimum absolute atomic E-state index is 0.00199. The highest BCUT2D eigenvalue weighted by atomic mass is 16.5. The number of methoxy groups -OCH3 is 1. The summed E-state index contributed by atoms with van der Waals surface area (Å²) in [6.45, 7) is 2.27. The molecule has 8 nitrogen and oxygen atoms in total. The van der Waals surface area contributed by atoms with E-state index < -0.39 is 11.2 Å². The normalized spacial score (nSPS) is 17.9. The molecular weight excluding hydrogens is 276 g/mol. The third kappa shape index (κ3) is 4.27. The average molecular weight is 296 g/mol. The summed E-state index contributed by atoms with van der Waals surface area (Å²) in [4.78, 5) is 41.1. The number of ether oxygens (including phenoxy) is 1. The molecule has 1 saturated heterocycles. The topological polar surface area (TPSA) is 107 Å². The van der Waals surface area contributed by atoms with Gasteiger partial charge in [0, 0.05) is 32.3 Å². The van der Waals surface area contributed by atoms with E-state index in [4.69, 9.17) is 4.74 Å². The molecule has 1 aromatic heterocycles. The van der Waals surface area contributed by atoms with Gasteiger partial charge in [-0.1, -0.05) is 0 Å². The number of hydrogen-bond donors (Lipinski definition) is 3. The first-order valence-corrected chi connectivity index (χ1v) is 6.95. The number of H-pyrrole nitrogens is 2. The van der Waals surface area contributed by atoms with Crippen molar-refractivity contribution in [1.82, 2.24) is 20.2 Å². The molecule has 1 amide bonds. The van der Waals surface area contributed by atoms with Gasteiger partial charge in [0.25, 0.3) is 11.5 Å². The Hall–Kier alpha value is -1.93. The third-order valence-corrected chi connectivity index (χ3v) is 3.45. The summed E-state index contributed by atoms with van der Waals surface area (Å²) in [6.07, 6.45) is 2.08. The van der Waals surface area contributed by atoms with Gasteiger partial charge in [-0.15, -0.1) is 0 Å². The SMILES string of the molecule is COCCN(CC1CCCN1)C(=O)c1cc(=O)[nH]c(=O)[nH]1. The Labute approximate surface area is 121 Å². The van der Waals surface area contributed by atoms with Crippen molar-refractivity contribution in [2.24, 2.45) is 0 Å². The third-order valence-electron chi connectivity index (χ3n) is 3.45. The monoisotopic (exact) mass is 296 g/mol. The van der Waals surface area contributed by atoms with Gasteiger partial charge < -0.3 is 19.9 Å². The summed E-state index contributed by atoms with van der Waals surface area (Å²) in [5, 5.41) is 3.32. The van der Waals surface area contributed by atoms with Gasteiger partial charge in [0.1, 0.15) is 5.69 Å². The Balaban J connectivity index is 2.15. The smallest absolute Gasteiger partial charge is 0.326 e.